The Bertz CT molecular complexity index is 984. The third kappa shape index (κ3) is 3.52. The van der Waals surface area contributed by atoms with Gasteiger partial charge in [-0.05, 0) is 12.1 Å². The van der Waals surface area contributed by atoms with Gasteiger partial charge in [0.1, 0.15) is 15.8 Å². The summed E-state index contributed by atoms with van der Waals surface area (Å²) in [6, 6.07) is 2.08. The predicted octanol–water partition coefficient (Wildman–Crippen LogP) is 0.416. The Morgan fingerprint density at radius 3 is 2.97 bits per heavy atom. The number of amides is 2. The Morgan fingerprint density at radius 1 is 1.57 bits per heavy atom. The number of fused-ring (bicyclic) bond motifs is 1. The normalized spacial score (nSPS) is 26.6. The molecule has 4 atom stereocenters. The van der Waals surface area contributed by atoms with E-state index in [0.29, 0.717) is 5.03 Å². The highest BCUT2D eigenvalue weighted by molar-refractivity contribution is 8.00. The first-order chi connectivity index (χ1) is 14.3. The molecule has 2 aromatic heterocycles. The van der Waals surface area contributed by atoms with E-state index in [9.17, 15) is 23.7 Å². The molecule has 11 nitrogen and oxygen atoms in total. The number of carboxylic acids is 1. The Hall–Kier alpha value is -2.32. The number of β-lactam (4-membered cyclic amide) rings is 1. The summed E-state index contributed by atoms with van der Waals surface area (Å²) in [6.45, 7) is 1.24. The van der Waals surface area contributed by atoms with Gasteiger partial charge >= 0.3 is 5.97 Å². The quantitative estimate of drug-likeness (QED) is 0.429. The van der Waals surface area contributed by atoms with E-state index >= 15 is 0 Å². The number of nitrogens with zero attached hydrogens (tertiary/aromatic N) is 4. The molecule has 0 bridgehead atoms. The molecule has 160 valence electrons. The Labute approximate surface area is 181 Å². The van der Waals surface area contributed by atoms with E-state index in [1.165, 1.54) is 53.9 Å². The van der Waals surface area contributed by atoms with Crippen molar-refractivity contribution in [2.24, 2.45) is 5.41 Å². The first-order valence-corrected chi connectivity index (χ1v) is 11.9. The van der Waals surface area contributed by atoms with Gasteiger partial charge < -0.3 is 14.4 Å². The van der Waals surface area contributed by atoms with Gasteiger partial charge in [0.05, 0.1) is 12.5 Å². The van der Waals surface area contributed by atoms with Crippen LogP contribution in [0.25, 0.3) is 0 Å². The highest BCUT2D eigenvalue weighted by Crippen LogP contribution is 2.46. The number of H-pyrrole nitrogens is 1. The van der Waals surface area contributed by atoms with Crippen molar-refractivity contribution < 1.29 is 28.1 Å². The van der Waals surface area contributed by atoms with E-state index in [-0.39, 0.29) is 23.1 Å². The minimum atomic E-state index is -1.97. The zero-order valence-corrected chi connectivity index (χ0v) is 18.0. The Morgan fingerprint density at radius 2 is 2.37 bits per heavy atom. The third-order valence-corrected chi connectivity index (χ3v) is 9.05. The largest absolute Gasteiger partial charge is 0.481 e. The van der Waals surface area contributed by atoms with Crippen molar-refractivity contribution in [2.45, 2.75) is 28.5 Å². The lowest BCUT2D eigenvalue weighted by atomic mass is 9.89. The topological polar surface area (TPSA) is 150 Å². The van der Waals surface area contributed by atoms with Gasteiger partial charge in [-0.1, -0.05) is 0 Å². The minimum absolute atomic E-state index is 0.000678. The van der Waals surface area contributed by atoms with E-state index < -0.39 is 45.6 Å². The highest BCUT2D eigenvalue weighted by atomic mass is 32.2. The summed E-state index contributed by atoms with van der Waals surface area (Å²) in [6.07, 6.45) is 2.84. The lowest BCUT2D eigenvalue weighted by Gasteiger charge is -2.55. The predicted molar refractivity (Wildman–Crippen MR) is 107 cm³/mol. The van der Waals surface area contributed by atoms with Crippen molar-refractivity contribution in [3.05, 3.63) is 24.6 Å². The van der Waals surface area contributed by atoms with Crippen LogP contribution in [-0.2, 0) is 25.4 Å². The molecule has 2 amide bonds. The number of carboxylic acid groups (broad SMARTS) is 1. The first kappa shape index (κ1) is 20.9. The number of hydrogen-bond acceptors (Lipinski definition) is 9. The summed E-state index contributed by atoms with van der Waals surface area (Å²) in [5, 5.41) is 20.1. The van der Waals surface area contributed by atoms with Gasteiger partial charge in [-0.15, -0.1) is 28.6 Å². The minimum Gasteiger partial charge on any atom is -0.481 e. The number of thioether (sulfide) groups is 2. The zero-order chi connectivity index (χ0) is 21.5. The van der Waals surface area contributed by atoms with Crippen molar-refractivity contribution in [3.8, 4) is 0 Å². The number of furan rings is 1. The van der Waals surface area contributed by atoms with Crippen LogP contribution in [0.3, 0.4) is 0 Å². The van der Waals surface area contributed by atoms with Gasteiger partial charge in [-0.2, -0.15) is 10.3 Å². The fourth-order valence-corrected chi connectivity index (χ4v) is 7.25. The first-order valence-electron chi connectivity index (χ1n) is 8.73. The number of carbonyl (C=O) groups is 3. The van der Waals surface area contributed by atoms with Crippen LogP contribution in [0.15, 0.2) is 39.1 Å². The number of aromatic amines is 1. The Balaban J connectivity index is 1.51. The van der Waals surface area contributed by atoms with Crippen LogP contribution in [0.4, 0.5) is 0 Å². The second-order valence-corrected chi connectivity index (χ2v) is 10.2. The molecular weight excluding hydrogens is 454 g/mol. The van der Waals surface area contributed by atoms with Crippen molar-refractivity contribution in [1.29, 1.82) is 0 Å². The maximum absolute atomic E-state index is 12.9. The summed E-state index contributed by atoms with van der Waals surface area (Å²) in [7, 11) is -1.97. The fourth-order valence-electron chi connectivity index (χ4n) is 3.31. The summed E-state index contributed by atoms with van der Waals surface area (Å²) >= 11 is 2.51. The number of rotatable bonds is 7. The summed E-state index contributed by atoms with van der Waals surface area (Å²) < 4.78 is 18.9. The van der Waals surface area contributed by atoms with Crippen molar-refractivity contribution in [3.63, 3.8) is 0 Å². The Kier molecular flexibility index (Phi) is 5.63. The molecule has 0 spiro atoms. The monoisotopic (exact) mass is 471 g/mol. The van der Waals surface area contributed by atoms with Crippen LogP contribution < -0.4 is 0 Å². The molecule has 2 N–H and O–H groups in total. The van der Waals surface area contributed by atoms with Gasteiger partial charge in [0.25, 0.3) is 5.91 Å². The van der Waals surface area contributed by atoms with Crippen LogP contribution in [-0.4, -0.2) is 81.2 Å². The van der Waals surface area contributed by atoms with E-state index in [4.69, 9.17) is 4.42 Å². The molecule has 2 aliphatic heterocycles. The molecule has 4 rings (SSSR count). The zero-order valence-electron chi connectivity index (χ0n) is 15.6. The van der Waals surface area contributed by atoms with Crippen LogP contribution in [0, 0.1) is 5.41 Å². The molecule has 4 heterocycles. The van der Waals surface area contributed by atoms with E-state index in [0.717, 1.165) is 4.31 Å². The molecule has 0 aromatic carbocycles. The van der Waals surface area contributed by atoms with Gasteiger partial charge in [-0.3, -0.25) is 14.4 Å². The molecule has 0 saturated carbocycles. The molecule has 3 unspecified atom stereocenters. The summed E-state index contributed by atoms with van der Waals surface area (Å²) in [4.78, 5) is 38.6. The fraction of sp³-hybridized carbons (Fsp3) is 0.438. The lowest BCUT2D eigenvalue weighted by molar-refractivity contribution is -0.161. The van der Waals surface area contributed by atoms with Gasteiger partial charge in [0.2, 0.25) is 11.0 Å². The molecule has 0 aliphatic carbocycles. The van der Waals surface area contributed by atoms with Crippen LogP contribution in [0.2, 0.25) is 0 Å². The maximum Gasteiger partial charge on any atom is 0.313 e. The number of hydrogen-bond donors (Lipinski definition) is 2. The van der Waals surface area contributed by atoms with Gasteiger partial charge in [0.15, 0.2) is 17.0 Å². The second kappa shape index (κ2) is 8.07. The van der Waals surface area contributed by atoms with Crippen molar-refractivity contribution in [1.82, 2.24) is 24.6 Å². The molecule has 2 fully saturated rings. The number of nitrogens with one attached hydrogen (secondary N) is 1. The maximum atomic E-state index is 12.9. The summed E-state index contributed by atoms with van der Waals surface area (Å²) in [5.41, 5.74) is -1.17. The SMILES string of the molecule is CC(=O)N(C1C(=O)N2CC(CSc3cn[nH]n3)(C(=O)O)CS[C@H]12)S(=O)c1ccco1. The second-order valence-electron chi connectivity index (χ2n) is 6.82. The molecule has 2 aliphatic rings. The van der Waals surface area contributed by atoms with Crippen molar-refractivity contribution >= 4 is 52.3 Å². The van der Waals surface area contributed by atoms with Crippen LogP contribution in [0.5, 0.6) is 0 Å². The average Bonchev–Trinajstić information content (AvgIpc) is 3.43. The summed E-state index contributed by atoms with van der Waals surface area (Å²) in [5.74, 6) is -1.53. The standard InChI is InChI=1S/C16H17N5O6S3/c1-9(22)21(30(26)11-3-2-4-27-11)12-13(23)20-6-16(15(24)25,8-29-14(12)20)7-28-10-5-17-19-18-10/h2-5,12,14H,6-8H2,1H3,(H,24,25)(H,17,18,19)/t12?,14-,16?,30?/m1/s1. The average molecular weight is 472 g/mol. The molecule has 14 heteroatoms. The van der Waals surface area contributed by atoms with Gasteiger partial charge in [0, 0.05) is 25.0 Å². The third-order valence-electron chi connectivity index (χ3n) is 4.87. The molecule has 2 aromatic rings. The number of aliphatic carboxylic acids is 1. The van der Waals surface area contributed by atoms with E-state index in [1.807, 2.05) is 0 Å². The van der Waals surface area contributed by atoms with Crippen LogP contribution >= 0.6 is 23.5 Å². The van der Waals surface area contributed by atoms with Crippen LogP contribution in [0.1, 0.15) is 6.92 Å². The number of aromatic nitrogens is 3. The smallest absolute Gasteiger partial charge is 0.313 e. The molecule has 2 saturated heterocycles. The van der Waals surface area contributed by atoms with Crippen molar-refractivity contribution in [2.75, 3.05) is 18.1 Å². The molecule has 0 radical (unpaired) electrons. The van der Waals surface area contributed by atoms with Gasteiger partial charge in [-0.25, -0.2) is 8.51 Å². The molecular formula is C16H17N5O6S3. The lowest BCUT2D eigenvalue weighted by Crippen LogP contribution is -2.74. The van der Waals surface area contributed by atoms with E-state index in [1.54, 1.807) is 6.07 Å². The van der Waals surface area contributed by atoms with E-state index in [2.05, 4.69) is 15.4 Å². The number of carbonyl (C=O) groups excluding carboxylic acids is 2. The highest BCUT2D eigenvalue weighted by Gasteiger charge is 2.60. The molecule has 30 heavy (non-hydrogen) atoms.